The number of hydrogen-bond donors (Lipinski definition) is 0. The summed E-state index contributed by atoms with van der Waals surface area (Å²) in [5.74, 6) is -0.0336. The second kappa shape index (κ2) is 3.11. The van der Waals surface area contributed by atoms with Crippen molar-refractivity contribution in [3.63, 3.8) is 0 Å². The van der Waals surface area contributed by atoms with Crippen LogP contribution in [0.4, 0.5) is 0 Å². The number of nitrogens with zero attached hydrogens (tertiary/aromatic N) is 1. The van der Waals surface area contributed by atoms with Crippen LogP contribution in [0, 0.1) is 0 Å². The van der Waals surface area contributed by atoms with E-state index in [1.54, 1.807) is 12.4 Å². The van der Waals surface area contributed by atoms with Crippen molar-refractivity contribution in [2.45, 2.75) is 12.8 Å². The normalized spacial score (nSPS) is 12.5. The third-order valence-corrected chi connectivity index (χ3v) is 1.41. The molecule has 52 valence electrons. The van der Waals surface area contributed by atoms with Crippen molar-refractivity contribution in [3.8, 4) is 0 Å². The maximum absolute atomic E-state index is 10.3. The largest absolute Gasteiger partial charge is 0.303 e. The Kier molecular flexibility index (Phi) is 2.15. The van der Waals surface area contributed by atoms with Gasteiger partial charge in [0.2, 0.25) is 0 Å². The minimum absolute atomic E-state index is 0.0336. The zero-order valence-corrected chi connectivity index (χ0v) is 5.82. The summed E-state index contributed by atoms with van der Waals surface area (Å²) in [7, 11) is 0. The monoisotopic (exact) mass is 135 g/mol. The van der Waals surface area contributed by atoms with Crippen LogP contribution < -0.4 is 0 Å². The molecule has 0 fully saturated rings. The first-order valence-electron chi connectivity index (χ1n) is 3.20. The molecule has 0 spiro atoms. The highest BCUT2D eigenvalue weighted by molar-refractivity contribution is 5.60. The summed E-state index contributed by atoms with van der Waals surface area (Å²) < 4.78 is 0. The lowest BCUT2D eigenvalue weighted by molar-refractivity contribution is -0.108. The molecule has 0 unspecified atom stereocenters. The Labute approximate surface area is 59.9 Å². The average Bonchev–Trinajstić information content (AvgIpc) is 2.05. The minimum atomic E-state index is -0.0336. The molecule has 1 aromatic rings. The highest BCUT2D eigenvalue weighted by atomic mass is 16.1. The molecule has 1 atom stereocenters. The molecule has 0 amide bonds. The molecule has 0 aromatic carbocycles. The fraction of sp³-hybridized carbons (Fsp3) is 0.250. The third kappa shape index (κ3) is 1.41. The van der Waals surface area contributed by atoms with E-state index in [2.05, 4.69) is 4.98 Å². The SMILES string of the molecule is C[C@H](C=O)c1cccnc1. The van der Waals surface area contributed by atoms with Crippen molar-refractivity contribution in [2.75, 3.05) is 0 Å². The number of rotatable bonds is 2. The number of carbonyl (C=O) groups excluding carboxylic acids is 1. The first-order chi connectivity index (χ1) is 4.84. The maximum atomic E-state index is 10.3. The lowest BCUT2D eigenvalue weighted by atomic mass is 10.1. The van der Waals surface area contributed by atoms with Gasteiger partial charge in [-0.3, -0.25) is 4.98 Å². The zero-order chi connectivity index (χ0) is 7.40. The Morgan fingerprint density at radius 3 is 3.00 bits per heavy atom. The minimum Gasteiger partial charge on any atom is -0.303 e. The molecule has 0 saturated carbocycles. The van der Waals surface area contributed by atoms with Crippen molar-refractivity contribution in [1.82, 2.24) is 4.98 Å². The summed E-state index contributed by atoms with van der Waals surface area (Å²) in [6.07, 6.45) is 4.32. The smallest absolute Gasteiger partial charge is 0.127 e. The Morgan fingerprint density at radius 1 is 1.70 bits per heavy atom. The molecule has 0 aliphatic heterocycles. The lowest BCUT2D eigenvalue weighted by Crippen LogP contribution is -1.93. The van der Waals surface area contributed by atoms with Crippen LogP contribution in [0.2, 0.25) is 0 Å². The van der Waals surface area contributed by atoms with Gasteiger partial charge in [-0.2, -0.15) is 0 Å². The Morgan fingerprint density at radius 2 is 2.50 bits per heavy atom. The molecule has 0 saturated heterocycles. The number of hydrogen-bond acceptors (Lipinski definition) is 2. The number of aromatic nitrogens is 1. The van der Waals surface area contributed by atoms with Crippen LogP contribution in [0.15, 0.2) is 24.5 Å². The summed E-state index contributed by atoms with van der Waals surface area (Å²) >= 11 is 0. The summed E-state index contributed by atoms with van der Waals surface area (Å²) in [6.45, 7) is 1.85. The first-order valence-corrected chi connectivity index (χ1v) is 3.20. The van der Waals surface area contributed by atoms with E-state index >= 15 is 0 Å². The second-order valence-electron chi connectivity index (χ2n) is 2.21. The van der Waals surface area contributed by atoms with Crippen LogP contribution >= 0.6 is 0 Å². The Bertz CT molecular complexity index is 208. The highest BCUT2D eigenvalue weighted by Crippen LogP contribution is 2.08. The molecule has 2 heteroatoms. The standard InChI is InChI=1S/C8H9NO/c1-7(6-10)8-3-2-4-9-5-8/h2-7H,1H3/t7-/m1/s1. The van der Waals surface area contributed by atoms with Gasteiger partial charge < -0.3 is 4.79 Å². The van der Waals surface area contributed by atoms with Gasteiger partial charge in [-0.1, -0.05) is 13.0 Å². The highest BCUT2D eigenvalue weighted by Gasteiger charge is 2.00. The van der Waals surface area contributed by atoms with Gasteiger partial charge in [-0.25, -0.2) is 0 Å². The zero-order valence-electron chi connectivity index (χ0n) is 5.82. The van der Waals surface area contributed by atoms with Gasteiger partial charge in [0.15, 0.2) is 0 Å². The van der Waals surface area contributed by atoms with Crippen LogP contribution in [0.3, 0.4) is 0 Å². The van der Waals surface area contributed by atoms with E-state index in [1.165, 1.54) is 0 Å². The van der Waals surface area contributed by atoms with E-state index in [0.29, 0.717) is 0 Å². The molecular formula is C8H9NO. The number of aldehydes is 1. The fourth-order valence-electron chi connectivity index (χ4n) is 0.724. The van der Waals surface area contributed by atoms with Crippen molar-refractivity contribution in [2.24, 2.45) is 0 Å². The first kappa shape index (κ1) is 6.93. The van der Waals surface area contributed by atoms with Gasteiger partial charge in [0.1, 0.15) is 6.29 Å². The predicted molar refractivity (Wildman–Crippen MR) is 38.7 cm³/mol. The number of pyridine rings is 1. The molecule has 0 N–H and O–H groups in total. The molecule has 1 aromatic heterocycles. The van der Waals surface area contributed by atoms with Crippen molar-refractivity contribution in [3.05, 3.63) is 30.1 Å². The molecule has 0 aliphatic rings. The van der Waals surface area contributed by atoms with Gasteiger partial charge in [0.05, 0.1) is 0 Å². The van der Waals surface area contributed by atoms with Crippen molar-refractivity contribution in [1.29, 1.82) is 0 Å². The molecule has 1 rings (SSSR count). The van der Waals surface area contributed by atoms with E-state index in [9.17, 15) is 4.79 Å². The summed E-state index contributed by atoms with van der Waals surface area (Å²) in [5, 5.41) is 0. The van der Waals surface area contributed by atoms with E-state index in [4.69, 9.17) is 0 Å². The summed E-state index contributed by atoms with van der Waals surface area (Å²) in [6, 6.07) is 3.72. The number of carbonyl (C=O) groups is 1. The predicted octanol–water partition coefficient (Wildman–Crippen LogP) is 1.38. The van der Waals surface area contributed by atoms with Crippen molar-refractivity contribution >= 4 is 6.29 Å². The molecule has 0 radical (unpaired) electrons. The van der Waals surface area contributed by atoms with E-state index in [0.717, 1.165) is 11.8 Å². The fourth-order valence-corrected chi connectivity index (χ4v) is 0.724. The van der Waals surface area contributed by atoms with E-state index in [-0.39, 0.29) is 5.92 Å². The third-order valence-electron chi connectivity index (χ3n) is 1.41. The molecule has 0 bridgehead atoms. The van der Waals surface area contributed by atoms with Gasteiger partial charge in [-0.15, -0.1) is 0 Å². The van der Waals surface area contributed by atoms with Crippen molar-refractivity contribution < 1.29 is 4.79 Å². The molecule has 0 aliphatic carbocycles. The lowest BCUT2D eigenvalue weighted by Gasteiger charge is -1.99. The van der Waals surface area contributed by atoms with Crippen LogP contribution in [-0.4, -0.2) is 11.3 Å². The second-order valence-corrected chi connectivity index (χ2v) is 2.21. The quantitative estimate of drug-likeness (QED) is 0.573. The van der Waals surface area contributed by atoms with Gasteiger partial charge in [-0.05, 0) is 11.6 Å². The van der Waals surface area contributed by atoms with Crippen LogP contribution in [-0.2, 0) is 4.79 Å². The molecule has 2 nitrogen and oxygen atoms in total. The van der Waals surface area contributed by atoms with E-state index in [1.807, 2.05) is 19.1 Å². The topological polar surface area (TPSA) is 30.0 Å². The van der Waals surface area contributed by atoms with Gasteiger partial charge in [0, 0.05) is 18.3 Å². The Balaban J connectivity index is 2.84. The van der Waals surface area contributed by atoms with Crippen LogP contribution in [0.25, 0.3) is 0 Å². The average molecular weight is 135 g/mol. The van der Waals surface area contributed by atoms with Gasteiger partial charge >= 0.3 is 0 Å². The van der Waals surface area contributed by atoms with Crippen LogP contribution in [0.1, 0.15) is 18.4 Å². The van der Waals surface area contributed by atoms with E-state index < -0.39 is 0 Å². The molecule has 10 heavy (non-hydrogen) atoms. The van der Waals surface area contributed by atoms with Crippen LogP contribution in [0.5, 0.6) is 0 Å². The molecule has 1 heterocycles. The summed E-state index contributed by atoms with van der Waals surface area (Å²) in [5.41, 5.74) is 0.970. The molecular weight excluding hydrogens is 126 g/mol. The Hall–Kier alpha value is -1.18. The maximum Gasteiger partial charge on any atom is 0.127 e. The summed E-state index contributed by atoms with van der Waals surface area (Å²) in [4.78, 5) is 14.2. The van der Waals surface area contributed by atoms with Gasteiger partial charge in [0.25, 0.3) is 0 Å².